The monoisotopic (exact) mass is 288 g/mol. The van der Waals surface area contributed by atoms with Gasteiger partial charge in [-0.25, -0.2) is 4.57 Å². The van der Waals surface area contributed by atoms with Crippen LogP contribution >= 0.6 is 7.82 Å². The second kappa shape index (κ2) is 5.43. The molecule has 0 rings (SSSR count). The van der Waals surface area contributed by atoms with Crippen LogP contribution in [-0.2, 0) is 27.9 Å². The minimum absolute atomic E-state index is 0.754. The fourth-order valence-corrected chi connectivity index (χ4v) is 1.91. The quantitative estimate of drug-likeness (QED) is 0.564. The maximum absolute atomic E-state index is 11.6. The summed E-state index contributed by atoms with van der Waals surface area (Å²) in [7, 11) is -8.53. The SMILES string of the molecule is COP(=O)(O)OCS(=O)(=O)OCC(F)(F)F. The molecule has 1 N–H and O–H groups in total. The number of phosphoric acid groups is 1. The molecule has 98 valence electrons. The minimum atomic E-state index is -4.84. The van der Waals surface area contributed by atoms with E-state index in [0.717, 1.165) is 7.11 Å². The number of halogens is 3. The van der Waals surface area contributed by atoms with Crippen LogP contribution in [0.25, 0.3) is 0 Å². The highest BCUT2D eigenvalue weighted by molar-refractivity contribution is 7.86. The van der Waals surface area contributed by atoms with Crippen LogP contribution in [0.5, 0.6) is 0 Å². The second-order valence-electron chi connectivity index (χ2n) is 2.33. The summed E-state index contributed by atoms with van der Waals surface area (Å²) in [5, 5.41) is 0. The lowest BCUT2D eigenvalue weighted by atomic mass is 10.7. The van der Waals surface area contributed by atoms with Crippen molar-refractivity contribution in [3.8, 4) is 0 Å². The summed E-state index contributed by atoms with van der Waals surface area (Å²) >= 11 is 0. The van der Waals surface area contributed by atoms with Crippen molar-refractivity contribution in [1.82, 2.24) is 0 Å². The molecular weight excluding hydrogens is 280 g/mol. The van der Waals surface area contributed by atoms with E-state index in [-0.39, 0.29) is 0 Å². The van der Waals surface area contributed by atoms with E-state index >= 15 is 0 Å². The lowest BCUT2D eigenvalue weighted by molar-refractivity contribution is -0.152. The number of hydrogen-bond acceptors (Lipinski definition) is 6. The summed E-state index contributed by atoms with van der Waals surface area (Å²) in [6, 6.07) is 0. The van der Waals surface area contributed by atoms with Crippen molar-refractivity contribution in [2.24, 2.45) is 0 Å². The van der Waals surface area contributed by atoms with Crippen LogP contribution in [0.2, 0.25) is 0 Å². The Labute approximate surface area is 88.8 Å². The van der Waals surface area contributed by atoms with E-state index in [0.29, 0.717) is 0 Å². The molecule has 1 unspecified atom stereocenters. The van der Waals surface area contributed by atoms with Gasteiger partial charge in [0.25, 0.3) is 10.1 Å². The van der Waals surface area contributed by atoms with Gasteiger partial charge in [-0.3, -0.25) is 13.2 Å². The minimum Gasteiger partial charge on any atom is -0.302 e. The Bertz CT molecular complexity index is 362. The van der Waals surface area contributed by atoms with Gasteiger partial charge < -0.3 is 4.89 Å². The Hall–Kier alpha value is -0.190. The first kappa shape index (κ1) is 15.8. The zero-order valence-electron chi connectivity index (χ0n) is 7.80. The van der Waals surface area contributed by atoms with Crippen molar-refractivity contribution >= 4 is 17.9 Å². The van der Waals surface area contributed by atoms with Crippen molar-refractivity contribution in [3.63, 3.8) is 0 Å². The van der Waals surface area contributed by atoms with E-state index in [9.17, 15) is 26.2 Å². The zero-order chi connectivity index (χ0) is 13.0. The van der Waals surface area contributed by atoms with Gasteiger partial charge in [-0.2, -0.15) is 21.6 Å². The van der Waals surface area contributed by atoms with Gasteiger partial charge in [-0.05, 0) is 0 Å². The van der Waals surface area contributed by atoms with Gasteiger partial charge in [-0.1, -0.05) is 0 Å². The predicted molar refractivity (Wildman–Crippen MR) is 43.7 cm³/mol. The van der Waals surface area contributed by atoms with Crippen molar-refractivity contribution in [2.75, 3.05) is 19.7 Å². The second-order valence-corrected chi connectivity index (χ2v) is 5.48. The highest BCUT2D eigenvalue weighted by atomic mass is 32.2. The molecule has 0 aliphatic carbocycles. The van der Waals surface area contributed by atoms with Gasteiger partial charge in [0.1, 0.15) is 0 Å². The lowest BCUT2D eigenvalue weighted by Gasteiger charge is -2.10. The first-order valence-electron chi connectivity index (χ1n) is 3.44. The van der Waals surface area contributed by atoms with Crippen LogP contribution in [0.15, 0.2) is 0 Å². The topological polar surface area (TPSA) is 99.1 Å². The number of phosphoric ester groups is 1. The zero-order valence-corrected chi connectivity index (χ0v) is 9.51. The Morgan fingerprint density at radius 1 is 1.38 bits per heavy atom. The van der Waals surface area contributed by atoms with Crippen LogP contribution in [0.3, 0.4) is 0 Å². The van der Waals surface area contributed by atoms with Crippen LogP contribution in [0, 0.1) is 0 Å². The average Bonchev–Trinajstić information content (AvgIpc) is 2.12. The van der Waals surface area contributed by atoms with Crippen molar-refractivity contribution in [1.29, 1.82) is 0 Å². The molecular formula is C4H8F3O7PS. The van der Waals surface area contributed by atoms with Gasteiger partial charge in [0.05, 0.1) is 0 Å². The predicted octanol–water partition coefficient (Wildman–Crippen LogP) is 0.616. The third-order valence-electron chi connectivity index (χ3n) is 0.993. The van der Waals surface area contributed by atoms with E-state index in [4.69, 9.17) is 4.89 Å². The standard InChI is InChI=1S/C4H8F3O7PS/c1-12-15(8,9)13-3-16(10,11)14-2-4(5,6)7/h2-3H2,1H3,(H,8,9). The normalized spacial score (nSPS) is 17.1. The molecule has 0 heterocycles. The molecule has 7 nitrogen and oxygen atoms in total. The molecule has 0 aliphatic rings. The smallest absolute Gasteiger partial charge is 0.302 e. The average molecular weight is 288 g/mol. The molecule has 0 radical (unpaired) electrons. The van der Waals surface area contributed by atoms with Crippen LogP contribution in [-0.4, -0.2) is 39.1 Å². The molecule has 0 aromatic carbocycles. The summed E-state index contributed by atoms with van der Waals surface area (Å²) < 4.78 is 77.8. The molecule has 0 saturated carbocycles. The van der Waals surface area contributed by atoms with Gasteiger partial charge in [0, 0.05) is 7.11 Å². The molecule has 0 aliphatic heterocycles. The van der Waals surface area contributed by atoms with E-state index in [1.165, 1.54) is 0 Å². The first-order valence-corrected chi connectivity index (χ1v) is 6.52. The van der Waals surface area contributed by atoms with E-state index in [1.54, 1.807) is 0 Å². The molecule has 0 aromatic heterocycles. The van der Waals surface area contributed by atoms with Gasteiger partial charge in [-0.15, -0.1) is 0 Å². The summed E-state index contributed by atoms with van der Waals surface area (Å²) in [5.74, 6) is -1.52. The molecule has 0 saturated heterocycles. The molecule has 0 amide bonds. The number of alkyl halides is 3. The molecule has 0 bridgehead atoms. The summed E-state index contributed by atoms with van der Waals surface area (Å²) in [6.45, 7) is -2.04. The Morgan fingerprint density at radius 3 is 2.25 bits per heavy atom. The largest absolute Gasteiger partial charge is 0.472 e. The van der Waals surface area contributed by atoms with E-state index in [1.807, 2.05) is 0 Å². The number of hydrogen-bond donors (Lipinski definition) is 1. The third-order valence-corrected chi connectivity index (χ3v) is 2.97. The maximum Gasteiger partial charge on any atom is 0.472 e. The summed E-state index contributed by atoms with van der Waals surface area (Å²) in [5.41, 5.74) is 0. The summed E-state index contributed by atoms with van der Waals surface area (Å²) in [4.78, 5) is 8.58. The van der Waals surface area contributed by atoms with Crippen LogP contribution < -0.4 is 0 Å². The maximum atomic E-state index is 11.6. The molecule has 0 aromatic rings. The fraction of sp³-hybridized carbons (Fsp3) is 1.00. The fourth-order valence-electron chi connectivity index (χ4n) is 0.374. The highest BCUT2D eigenvalue weighted by Gasteiger charge is 2.32. The van der Waals surface area contributed by atoms with Crippen molar-refractivity contribution in [3.05, 3.63) is 0 Å². The molecule has 16 heavy (non-hydrogen) atoms. The van der Waals surface area contributed by atoms with Gasteiger partial charge in [0.15, 0.2) is 12.5 Å². The molecule has 1 atom stereocenters. The molecule has 0 spiro atoms. The molecule has 12 heteroatoms. The van der Waals surface area contributed by atoms with Crippen molar-refractivity contribution in [2.45, 2.75) is 6.18 Å². The van der Waals surface area contributed by atoms with E-state index < -0.39 is 36.7 Å². The van der Waals surface area contributed by atoms with Crippen LogP contribution in [0.4, 0.5) is 13.2 Å². The van der Waals surface area contributed by atoms with Gasteiger partial charge >= 0.3 is 14.0 Å². The first-order chi connectivity index (χ1) is 6.97. The van der Waals surface area contributed by atoms with Gasteiger partial charge in [0.2, 0.25) is 0 Å². The Kier molecular flexibility index (Phi) is 5.36. The van der Waals surface area contributed by atoms with Crippen molar-refractivity contribution < 1.29 is 44.3 Å². The lowest BCUT2D eigenvalue weighted by Crippen LogP contribution is -2.22. The van der Waals surface area contributed by atoms with E-state index in [2.05, 4.69) is 13.2 Å². The number of rotatable bonds is 6. The van der Waals surface area contributed by atoms with Crippen LogP contribution in [0.1, 0.15) is 0 Å². The summed E-state index contributed by atoms with van der Waals surface area (Å²) in [6.07, 6.45) is -4.84. The Balaban J connectivity index is 4.23. The molecule has 0 fully saturated rings. The third kappa shape index (κ3) is 8.02. The highest BCUT2D eigenvalue weighted by Crippen LogP contribution is 2.42. The Morgan fingerprint density at radius 2 is 1.88 bits per heavy atom.